The maximum atomic E-state index is 12.4. The molecular formula is C20H25N5O. The summed E-state index contributed by atoms with van der Waals surface area (Å²) in [6.45, 7) is 9.44. The molecule has 136 valence electrons. The molecular weight excluding hydrogens is 326 g/mol. The molecule has 6 heteroatoms. The zero-order chi connectivity index (χ0) is 18.3. The third kappa shape index (κ3) is 3.29. The third-order valence-corrected chi connectivity index (χ3v) is 4.99. The summed E-state index contributed by atoms with van der Waals surface area (Å²) < 4.78 is 1.42. The Morgan fingerprint density at radius 1 is 1.08 bits per heavy atom. The molecule has 2 aromatic heterocycles. The molecule has 0 atom stereocenters. The van der Waals surface area contributed by atoms with E-state index in [1.165, 1.54) is 22.9 Å². The Morgan fingerprint density at radius 3 is 2.42 bits per heavy atom. The van der Waals surface area contributed by atoms with E-state index in [1.807, 2.05) is 12.1 Å². The average molecular weight is 351 g/mol. The summed E-state index contributed by atoms with van der Waals surface area (Å²) in [7, 11) is 0. The molecule has 0 amide bonds. The number of likely N-dealkylation sites (tertiary alicyclic amines) is 1. The van der Waals surface area contributed by atoms with E-state index in [0.717, 1.165) is 24.3 Å². The van der Waals surface area contributed by atoms with Crippen LogP contribution in [0, 0.1) is 0 Å². The molecule has 6 nitrogen and oxygen atoms in total. The van der Waals surface area contributed by atoms with E-state index in [0.29, 0.717) is 18.1 Å². The van der Waals surface area contributed by atoms with Crippen LogP contribution in [0.15, 0.2) is 35.1 Å². The second-order valence-electron chi connectivity index (χ2n) is 8.10. The number of fused-ring (bicyclic) bond motifs is 1. The lowest BCUT2D eigenvalue weighted by atomic mass is 9.87. The number of H-pyrrole nitrogens is 1. The normalized spacial score (nSPS) is 15.8. The van der Waals surface area contributed by atoms with Gasteiger partial charge in [0.25, 0.3) is 11.3 Å². The minimum Gasteiger partial charge on any atom is -0.298 e. The molecule has 4 rings (SSSR count). The van der Waals surface area contributed by atoms with Crippen molar-refractivity contribution in [3.63, 3.8) is 0 Å². The first-order valence-electron chi connectivity index (χ1n) is 9.22. The van der Waals surface area contributed by atoms with Crippen LogP contribution in [0.5, 0.6) is 0 Å². The number of aromatic nitrogens is 4. The number of aromatic amines is 1. The number of hydrogen-bond acceptors (Lipinski definition) is 4. The van der Waals surface area contributed by atoms with Crippen molar-refractivity contribution in [2.45, 2.75) is 45.6 Å². The van der Waals surface area contributed by atoms with Gasteiger partial charge in [0.1, 0.15) is 0 Å². The summed E-state index contributed by atoms with van der Waals surface area (Å²) >= 11 is 0. The van der Waals surface area contributed by atoms with Crippen LogP contribution >= 0.6 is 0 Å². The number of hydrogen-bond donors (Lipinski definition) is 1. The molecule has 1 aromatic carbocycles. The molecule has 1 N–H and O–H groups in total. The van der Waals surface area contributed by atoms with Crippen molar-refractivity contribution in [1.29, 1.82) is 0 Å². The molecule has 0 bridgehead atoms. The van der Waals surface area contributed by atoms with Gasteiger partial charge in [0.2, 0.25) is 0 Å². The van der Waals surface area contributed by atoms with Crippen molar-refractivity contribution in [3.05, 3.63) is 51.9 Å². The minimum atomic E-state index is -0.116. The van der Waals surface area contributed by atoms with Crippen LogP contribution in [0.2, 0.25) is 0 Å². The van der Waals surface area contributed by atoms with Crippen molar-refractivity contribution in [2.24, 2.45) is 0 Å². The van der Waals surface area contributed by atoms with Gasteiger partial charge < -0.3 is 0 Å². The van der Waals surface area contributed by atoms with Gasteiger partial charge in [-0.15, -0.1) is 0 Å². The van der Waals surface area contributed by atoms with Crippen LogP contribution in [-0.4, -0.2) is 37.6 Å². The number of nitrogens with one attached hydrogen (secondary N) is 1. The first-order valence-corrected chi connectivity index (χ1v) is 9.22. The van der Waals surface area contributed by atoms with E-state index in [-0.39, 0.29) is 11.0 Å². The molecule has 1 aliphatic heterocycles. The van der Waals surface area contributed by atoms with Crippen molar-refractivity contribution >= 4 is 5.78 Å². The molecule has 3 aromatic rings. The second kappa shape index (κ2) is 6.36. The van der Waals surface area contributed by atoms with Crippen LogP contribution in [-0.2, 0) is 12.0 Å². The van der Waals surface area contributed by atoms with Crippen LogP contribution in [0.25, 0.3) is 17.2 Å². The Labute approximate surface area is 152 Å². The predicted octanol–water partition coefficient (Wildman–Crippen LogP) is 2.98. The van der Waals surface area contributed by atoms with Gasteiger partial charge >= 0.3 is 0 Å². The first kappa shape index (κ1) is 17.0. The molecule has 1 fully saturated rings. The summed E-state index contributed by atoms with van der Waals surface area (Å²) in [4.78, 5) is 23.9. The number of nitrogens with zero attached hydrogens (tertiary/aromatic N) is 4. The highest BCUT2D eigenvalue weighted by molar-refractivity contribution is 5.57. The van der Waals surface area contributed by atoms with Gasteiger partial charge in [0, 0.05) is 18.2 Å². The lowest BCUT2D eigenvalue weighted by Crippen LogP contribution is -2.22. The molecule has 0 aliphatic carbocycles. The van der Waals surface area contributed by atoms with Crippen molar-refractivity contribution in [2.75, 3.05) is 13.1 Å². The first-order chi connectivity index (χ1) is 12.4. The van der Waals surface area contributed by atoms with E-state index in [4.69, 9.17) is 0 Å². The maximum Gasteiger partial charge on any atom is 0.274 e. The number of benzene rings is 1. The summed E-state index contributed by atoms with van der Waals surface area (Å²) in [5.74, 6) is 1.09. The highest BCUT2D eigenvalue weighted by Crippen LogP contribution is 2.24. The molecule has 1 aliphatic rings. The smallest absolute Gasteiger partial charge is 0.274 e. The Kier molecular flexibility index (Phi) is 4.15. The summed E-state index contributed by atoms with van der Waals surface area (Å²) in [6, 6.07) is 9.90. The fourth-order valence-corrected chi connectivity index (χ4v) is 3.44. The van der Waals surface area contributed by atoms with Gasteiger partial charge in [-0.3, -0.25) is 14.8 Å². The monoisotopic (exact) mass is 351 g/mol. The standard InChI is InChI=1S/C20H25N5O/c1-20(2,3)15-8-6-14(7-9-15)18-22-19-21-16(12-17(26)25(19)23-18)13-24-10-4-5-11-24/h6-9,12H,4-5,10-11,13H2,1-3H3,(H,21,22,23). The Bertz CT molecular complexity index is 972. The molecule has 3 heterocycles. The Hall–Kier alpha value is -2.47. The topological polar surface area (TPSA) is 66.3 Å². The molecule has 0 spiro atoms. The lowest BCUT2D eigenvalue weighted by molar-refractivity contribution is 0.327. The molecule has 0 radical (unpaired) electrons. The molecule has 1 saturated heterocycles. The van der Waals surface area contributed by atoms with Crippen molar-refractivity contribution < 1.29 is 0 Å². The predicted molar refractivity (Wildman–Crippen MR) is 102 cm³/mol. The summed E-state index contributed by atoms with van der Waals surface area (Å²) in [5, 5.41) is 3.08. The van der Waals surface area contributed by atoms with Crippen molar-refractivity contribution in [3.8, 4) is 11.4 Å². The summed E-state index contributed by atoms with van der Waals surface area (Å²) in [6.07, 6.45) is 2.44. The zero-order valence-corrected chi connectivity index (χ0v) is 15.6. The Balaban J connectivity index is 1.66. The SMILES string of the molecule is CC(C)(C)c1ccc(-c2nc3nc(CN4CCCC4)cc(=O)n3[nH]2)cc1. The van der Waals surface area contributed by atoms with Crippen molar-refractivity contribution in [1.82, 2.24) is 24.5 Å². The van der Waals surface area contributed by atoms with Crippen LogP contribution < -0.4 is 5.56 Å². The molecule has 26 heavy (non-hydrogen) atoms. The van der Waals surface area contributed by atoms with E-state index >= 15 is 0 Å². The highest BCUT2D eigenvalue weighted by atomic mass is 16.1. The number of rotatable bonds is 3. The second-order valence-corrected chi connectivity index (χ2v) is 8.10. The van der Waals surface area contributed by atoms with Gasteiger partial charge in [-0.2, -0.15) is 9.50 Å². The van der Waals surface area contributed by atoms with E-state index in [2.05, 4.69) is 52.9 Å². The van der Waals surface area contributed by atoms with E-state index in [9.17, 15) is 4.79 Å². The fraction of sp³-hybridized carbons (Fsp3) is 0.450. The molecule has 0 saturated carbocycles. The fourth-order valence-electron chi connectivity index (χ4n) is 3.44. The average Bonchev–Trinajstić information content (AvgIpc) is 3.24. The largest absolute Gasteiger partial charge is 0.298 e. The van der Waals surface area contributed by atoms with E-state index < -0.39 is 0 Å². The third-order valence-electron chi connectivity index (χ3n) is 4.99. The van der Waals surface area contributed by atoms with E-state index in [1.54, 1.807) is 6.07 Å². The molecule has 0 unspecified atom stereocenters. The van der Waals surface area contributed by atoms with Gasteiger partial charge in [-0.1, -0.05) is 45.0 Å². The van der Waals surface area contributed by atoms with Gasteiger partial charge in [0.05, 0.1) is 5.69 Å². The Morgan fingerprint density at radius 2 is 1.77 bits per heavy atom. The summed E-state index contributed by atoms with van der Waals surface area (Å²) in [5.41, 5.74) is 2.99. The van der Waals surface area contributed by atoms with Gasteiger partial charge in [-0.25, -0.2) is 4.98 Å². The van der Waals surface area contributed by atoms with Crippen LogP contribution in [0.3, 0.4) is 0 Å². The van der Waals surface area contributed by atoms with Gasteiger partial charge in [0.15, 0.2) is 5.82 Å². The highest BCUT2D eigenvalue weighted by Gasteiger charge is 2.16. The quantitative estimate of drug-likeness (QED) is 0.788. The van der Waals surface area contributed by atoms with Crippen LogP contribution in [0.4, 0.5) is 0 Å². The lowest BCUT2D eigenvalue weighted by Gasteiger charge is -2.18. The maximum absolute atomic E-state index is 12.4. The zero-order valence-electron chi connectivity index (χ0n) is 15.6. The van der Waals surface area contributed by atoms with Crippen LogP contribution in [0.1, 0.15) is 44.9 Å². The van der Waals surface area contributed by atoms with Gasteiger partial charge in [-0.05, 0) is 36.9 Å². The minimum absolute atomic E-state index is 0.107.